The minimum absolute atomic E-state index is 0.503. The van der Waals surface area contributed by atoms with E-state index in [9.17, 15) is 0 Å². The van der Waals surface area contributed by atoms with Crippen molar-refractivity contribution in [1.82, 2.24) is 0 Å². The van der Waals surface area contributed by atoms with Crippen molar-refractivity contribution in [1.29, 1.82) is 5.26 Å². The van der Waals surface area contributed by atoms with Crippen molar-refractivity contribution in [3.8, 4) is 11.8 Å². The predicted molar refractivity (Wildman–Crippen MR) is 66.4 cm³/mol. The van der Waals surface area contributed by atoms with Crippen molar-refractivity contribution in [2.45, 2.75) is 20.3 Å². The van der Waals surface area contributed by atoms with E-state index in [0.717, 1.165) is 16.9 Å². The molecule has 0 saturated carbocycles. The molecular formula is C13H14ClNO. The molecule has 0 atom stereocenters. The number of nitriles is 1. The monoisotopic (exact) mass is 235 g/mol. The van der Waals surface area contributed by atoms with Gasteiger partial charge in [0.2, 0.25) is 0 Å². The molecule has 0 aliphatic carbocycles. The van der Waals surface area contributed by atoms with Crippen molar-refractivity contribution in [2.75, 3.05) is 7.11 Å². The van der Waals surface area contributed by atoms with Crippen LogP contribution >= 0.6 is 11.6 Å². The Morgan fingerprint density at radius 2 is 2.19 bits per heavy atom. The highest BCUT2D eigenvalue weighted by Crippen LogP contribution is 2.29. The van der Waals surface area contributed by atoms with E-state index in [0.29, 0.717) is 17.0 Å². The largest absolute Gasteiger partial charge is 0.496 e. The lowest BCUT2D eigenvalue weighted by atomic mass is 10.1. The van der Waals surface area contributed by atoms with Crippen LogP contribution in [0.4, 0.5) is 0 Å². The van der Waals surface area contributed by atoms with Crippen molar-refractivity contribution in [2.24, 2.45) is 0 Å². The zero-order valence-corrected chi connectivity index (χ0v) is 10.4. The summed E-state index contributed by atoms with van der Waals surface area (Å²) in [5, 5.41) is 9.42. The van der Waals surface area contributed by atoms with E-state index < -0.39 is 0 Å². The van der Waals surface area contributed by atoms with Crippen LogP contribution in [0.25, 0.3) is 5.03 Å². The number of ether oxygens (including phenoxy) is 1. The first-order chi connectivity index (χ1) is 7.63. The maximum absolute atomic E-state index is 8.92. The minimum atomic E-state index is 0.503. The Morgan fingerprint density at radius 3 is 2.69 bits per heavy atom. The zero-order valence-electron chi connectivity index (χ0n) is 9.67. The second kappa shape index (κ2) is 5.58. The molecule has 0 spiro atoms. The van der Waals surface area contributed by atoms with E-state index >= 15 is 0 Å². The molecule has 0 N–H and O–H groups in total. The highest BCUT2D eigenvalue weighted by Gasteiger charge is 2.07. The maximum Gasteiger partial charge on any atom is 0.122 e. The topological polar surface area (TPSA) is 33.0 Å². The van der Waals surface area contributed by atoms with E-state index in [1.807, 2.05) is 32.0 Å². The third kappa shape index (κ3) is 2.56. The summed E-state index contributed by atoms with van der Waals surface area (Å²) in [6, 6.07) is 7.79. The number of allylic oxidation sites excluding steroid dienone is 1. The third-order valence-electron chi connectivity index (χ3n) is 2.41. The Labute approximate surface area is 101 Å². The number of nitrogens with zero attached hydrogens (tertiary/aromatic N) is 1. The van der Waals surface area contributed by atoms with Crippen molar-refractivity contribution < 1.29 is 4.74 Å². The summed E-state index contributed by atoms with van der Waals surface area (Å²) in [6.07, 6.45) is 0.630. The lowest BCUT2D eigenvalue weighted by molar-refractivity contribution is 0.411. The summed E-state index contributed by atoms with van der Waals surface area (Å²) in [5.41, 5.74) is 2.46. The van der Waals surface area contributed by atoms with Crippen LogP contribution in [0.15, 0.2) is 23.8 Å². The van der Waals surface area contributed by atoms with Gasteiger partial charge in [0.15, 0.2) is 0 Å². The van der Waals surface area contributed by atoms with Gasteiger partial charge < -0.3 is 4.74 Å². The van der Waals surface area contributed by atoms with Gasteiger partial charge in [-0.15, -0.1) is 0 Å². The average Bonchev–Trinajstić information content (AvgIpc) is 2.31. The molecule has 2 nitrogen and oxygen atoms in total. The molecule has 0 bridgehead atoms. The van der Waals surface area contributed by atoms with Crippen LogP contribution in [-0.2, 0) is 0 Å². The number of hydrogen-bond donors (Lipinski definition) is 0. The quantitative estimate of drug-likeness (QED) is 0.745. The fourth-order valence-corrected chi connectivity index (χ4v) is 1.71. The molecule has 0 radical (unpaired) electrons. The normalized spacial score (nSPS) is 11.7. The average molecular weight is 236 g/mol. The Morgan fingerprint density at radius 1 is 1.50 bits per heavy atom. The Balaban J connectivity index is 3.25. The Kier molecular flexibility index (Phi) is 4.39. The predicted octanol–water partition coefficient (Wildman–Crippen LogP) is 3.89. The molecule has 1 rings (SSSR count). The first kappa shape index (κ1) is 12.6. The maximum atomic E-state index is 8.92. The fourth-order valence-electron chi connectivity index (χ4n) is 1.41. The van der Waals surface area contributed by atoms with Crippen LogP contribution in [0.3, 0.4) is 0 Å². The molecule has 0 amide bonds. The fraction of sp³-hybridized carbons (Fsp3) is 0.308. The number of rotatable bonds is 3. The summed E-state index contributed by atoms with van der Waals surface area (Å²) < 4.78 is 5.22. The van der Waals surface area contributed by atoms with E-state index in [2.05, 4.69) is 6.07 Å². The summed E-state index contributed by atoms with van der Waals surface area (Å²) in [5.74, 6) is 0.782. The molecule has 1 aromatic rings. The Bertz CT molecular complexity index is 457. The van der Waals surface area contributed by atoms with Crippen LogP contribution in [0.5, 0.6) is 5.75 Å². The first-order valence-corrected chi connectivity index (χ1v) is 5.45. The van der Waals surface area contributed by atoms with Gasteiger partial charge in [-0.3, -0.25) is 0 Å². The number of halogens is 1. The van der Waals surface area contributed by atoms with Crippen LogP contribution in [0, 0.1) is 18.3 Å². The molecular weight excluding hydrogens is 222 g/mol. The van der Waals surface area contributed by atoms with Gasteiger partial charge in [-0.1, -0.05) is 30.7 Å². The molecule has 84 valence electrons. The SMILES string of the molecule is CCC(C#N)=C(Cl)c1ccc(C)c(OC)c1. The molecule has 0 aliphatic heterocycles. The lowest BCUT2D eigenvalue weighted by Crippen LogP contribution is -1.90. The molecule has 0 saturated heterocycles. The molecule has 0 aromatic heterocycles. The second-order valence-corrected chi connectivity index (χ2v) is 3.82. The van der Waals surface area contributed by atoms with Crippen LogP contribution in [-0.4, -0.2) is 7.11 Å². The van der Waals surface area contributed by atoms with Gasteiger partial charge in [-0.25, -0.2) is 0 Å². The molecule has 0 aliphatic rings. The van der Waals surface area contributed by atoms with Gasteiger partial charge in [-0.05, 0) is 30.5 Å². The standard InChI is InChI=1S/C13H14ClNO/c1-4-10(8-15)13(14)11-6-5-9(2)12(7-11)16-3/h5-7H,4H2,1-3H3. The lowest BCUT2D eigenvalue weighted by Gasteiger charge is -2.08. The van der Waals surface area contributed by atoms with Gasteiger partial charge in [0, 0.05) is 5.57 Å². The first-order valence-electron chi connectivity index (χ1n) is 5.07. The molecule has 0 fully saturated rings. The van der Waals surface area contributed by atoms with E-state index in [1.54, 1.807) is 7.11 Å². The van der Waals surface area contributed by atoms with Gasteiger partial charge >= 0.3 is 0 Å². The van der Waals surface area contributed by atoms with Crippen molar-refractivity contribution in [3.05, 3.63) is 34.9 Å². The number of methoxy groups -OCH3 is 1. The smallest absolute Gasteiger partial charge is 0.122 e. The zero-order chi connectivity index (χ0) is 12.1. The van der Waals surface area contributed by atoms with Crippen molar-refractivity contribution >= 4 is 16.6 Å². The third-order valence-corrected chi connectivity index (χ3v) is 2.86. The van der Waals surface area contributed by atoms with Gasteiger partial charge in [-0.2, -0.15) is 5.26 Å². The van der Waals surface area contributed by atoms with Gasteiger partial charge in [0.25, 0.3) is 0 Å². The van der Waals surface area contributed by atoms with Gasteiger partial charge in [0.1, 0.15) is 5.75 Å². The second-order valence-electron chi connectivity index (χ2n) is 3.44. The summed E-state index contributed by atoms with van der Waals surface area (Å²) >= 11 is 6.16. The summed E-state index contributed by atoms with van der Waals surface area (Å²) in [7, 11) is 1.62. The minimum Gasteiger partial charge on any atom is -0.496 e. The van der Waals surface area contributed by atoms with Crippen molar-refractivity contribution in [3.63, 3.8) is 0 Å². The number of benzene rings is 1. The summed E-state index contributed by atoms with van der Waals surface area (Å²) in [4.78, 5) is 0. The molecule has 0 unspecified atom stereocenters. The number of hydrogen-bond acceptors (Lipinski definition) is 2. The molecule has 3 heteroatoms. The van der Waals surface area contributed by atoms with E-state index in [1.165, 1.54) is 0 Å². The van der Waals surface area contributed by atoms with E-state index in [4.69, 9.17) is 21.6 Å². The molecule has 16 heavy (non-hydrogen) atoms. The summed E-state index contributed by atoms with van der Waals surface area (Å²) in [6.45, 7) is 3.87. The Hall–Kier alpha value is -1.46. The van der Waals surface area contributed by atoms with E-state index in [-0.39, 0.29) is 0 Å². The molecule has 0 heterocycles. The number of aryl methyl sites for hydroxylation is 1. The highest BCUT2D eigenvalue weighted by atomic mass is 35.5. The highest BCUT2D eigenvalue weighted by molar-refractivity contribution is 6.49. The van der Waals surface area contributed by atoms with Crippen LogP contribution in [0.1, 0.15) is 24.5 Å². The van der Waals surface area contributed by atoms with Crippen LogP contribution < -0.4 is 4.74 Å². The van der Waals surface area contributed by atoms with Crippen LogP contribution in [0.2, 0.25) is 0 Å². The van der Waals surface area contributed by atoms with Gasteiger partial charge in [0.05, 0.1) is 18.2 Å². The molecule has 1 aromatic carbocycles.